The van der Waals surface area contributed by atoms with Crippen LogP contribution in [0.4, 0.5) is 0 Å². The molecular formula is C20H13N2O4PS2. The Balaban J connectivity index is 1.82. The molecule has 0 aliphatic rings. The van der Waals surface area contributed by atoms with E-state index in [-0.39, 0.29) is 0 Å². The van der Waals surface area contributed by atoms with E-state index in [1.54, 1.807) is 66.7 Å². The molecule has 1 unspecified atom stereocenters. The fraction of sp³-hybridized carbons (Fsp3) is 0. The summed E-state index contributed by atoms with van der Waals surface area (Å²) in [4.78, 5) is 24.7. The van der Waals surface area contributed by atoms with E-state index >= 15 is 0 Å². The van der Waals surface area contributed by atoms with Crippen LogP contribution in [0, 0.1) is 0 Å². The minimum atomic E-state index is -4.00. The van der Waals surface area contributed by atoms with Crippen molar-refractivity contribution in [1.29, 1.82) is 0 Å². The fourth-order valence-electron chi connectivity index (χ4n) is 3.15. The van der Waals surface area contributed by atoms with E-state index in [2.05, 4.69) is 0 Å². The summed E-state index contributed by atoms with van der Waals surface area (Å²) in [5.41, 5.74) is 1.01. The summed E-state index contributed by atoms with van der Waals surface area (Å²) >= 11 is 1.99. The molecule has 0 saturated heterocycles. The van der Waals surface area contributed by atoms with Gasteiger partial charge in [-0.2, -0.15) is 0 Å². The maximum Gasteiger partial charge on any atom is 0.400 e. The number of rotatable bonds is 4. The van der Waals surface area contributed by atoms with Gasteiger partial charge in [-0.05, 0) is 36.4 Å². The number of benzene rings is 3. The Kier molecular flexibility index (Phi) is 4.28. The predicted molar refractivity (Wildman–Crippen MR) is 118 cm³/mol. The van der Waals surface area contributed by atoms with E-state index < -0.39 is 17.3 Å². The zero-order valence-electron chi connectivity index (χ0n) is 14.8. The molecule has 5 aromatic rings. The van der Waals surface area contributed by atoms with Crippen LogP contribution in [0.15, 0.2) is 88.5 Å². The molecule has 2 heterocycles. The SMILES string of the molecule is O=c1sc2ccccc2n1OP(=O)(c1ccccc1)n1c(=O)sc2ccccc21. The Morgan fingerprint density at radius 3 is 1.97 bits per heavy atom. The minimum Gasteiger partial charge on any atom is -0.329 e. The second kappa shape index (κ2) is 6.84. The lowest BCUT2D eigenvalue weighted by Crippen LogP contribution is -2.30. The second-order valence-corrected chi connectivity index (χ2v) is 10.3. The van der Waals surface area contributed by atoms with Crippen LogP contribution in [0.1, 0.15) is 0 Å². The van der Waals surface area contributed by atoms with Gasteiger partial charge >= 0.3 is 17.3 Å². The monoisotopic (exact) mass is 440 g/mol. The highest BCUT2D eigenvalue weighted by Gasteiger charge is 2.35. The Morgan fingerprint density at radius 2 is 1.24 bits per heavy atom. The zero-order chi connectivity index (χ0) is 20.0. The first kappa shape index (κ1) is 18.1. The van der Waals surface area contributed by atoms with Crippen LogP contribution >= 0.6 is 30.2 Å². The smallest absolute Gasteiger partial charge is 0.329 e. The number of nitrogens with zero attached hydrogens (tertiary/aromatic N) is 2. The molecule has 0 amide bonds. The van der Waals surface area contributed by atoms with Crippen LogP contribution in [0.2, 0.25) is 0 Å². The Morgan fingerprint density at radius 1 is 0.690 bits per heavy atom. The molecule has 0 fully saturated rings. The van der Waals surface area contributed by atoms with E-state index in [1.807, 2.05) is 12.1 Å². The molecule has 3 aromatic carbocycles. The minimum absolute atomic E-state index is 0.327. The summed E-state index contributed by atoms with van der Waals surface area (Å²) in [5.74, 6) is 0. The maximum absolute atomic E-state index is 14.4. The highest BCUT2D eigenvalue weighted by molar-refractivity contribution is 7.66. The Hall–Kier alpha value is -2.93. The summed E-state index contributed by atoms with van der Waals surface area (Å²) in [6, 6.07) is 22.7. The lowest BCUT2D eigenvalue weighted by atomic mass is 10.3. The molecule has 0 radical (unpaired) electrons. The van der Waals surface area contributed by atoms with Gasteiger partial charge in [-0.3, -0.25) is 9.59 Å². The Labute approximate surface area is 172 Å². The molecule has 29 heavy (non-hydrogen) atoms. The van der Waals surface area contributed by atoms with Crippen LogP contribution < -0.4 is 19.7 Å². The van der Waals surface area contributed by atoms with Crippen molar-refractivity contribution in [1.82, 2.24) is 9.07 Å². The van der Waals surface area contributed by atoms with E-state index in [4.69, 9.17) is 4.62 Å². The number of hydrogen-bond donors (Lipinski definition) is 0. The van der Waals surface area contributed by atoms with Gasteiger partial charge in [0.05, 0.1) is 20.2 Å². The molecule has 0 bridgehead atoms. The van der Waals surface area contributed by atoms with Crippen molar-refractivity contribution >= 4 is 55.9 Å². The van der Waals surface area contributed by atoms with E-state index in [0.717, 1.165) is 27.4 Å². The first-order valence-corrected chi connectivity index (χ1v) is 11.9. The molecule has 2 aromatic heterocycles. The molecular weight excluding hydrogens is 427 g/mol. The molecule has 144 valence electrons. The van der Waals surface area contributed by atoms with Crippen LogP contribution in [-0.4, -0.2) is 9.07 Å². The van der Waals surface area contributed by atoms with Crippen LogP contribution in [0.3, 0.4) is 0 Å². The third kappa shape index (κ3) is 2.88. The highest BCUT2D eigenvalue weighted by Crippen LogP contribution is 2.46. The third-order valence-corrected chi connectivity index (χ3v) is 8.67. The summed E-state index contributed by atoms with van der Waals surface area (Å²) < 4.78 is 23.9. The molecule has 0 saturated carbocycles. The van der Waals surface area contributed by atoms with Crippen molar-refractivity contribution in [3.8, 4) is 0 Å². The quantitative estimate of drug-likeness (QED) is 0.397. The third-order valence-electron chi connectivity index (χ3n) is 4.45. The van der Waals surface area contributed by atoms with Gasteiger partial charge in [0.25, 0.3) is 0 Å². The molecule has 1 atom stereocenters. The second-order valence-electron chi connectivity index (χ2n) is 6.22. The van der Waals surface area contributed by atoms with Gasteiger partial charge < -0.3 is 4.62 Å². The summed E-state index contributed by atoms with van der Waals surface area (Å²) in [5, 5.41) is 0.327. The van der Waals surface area contributed by atoms with Gasteiger partial charge in [0.2, 0.25) is 0 Å². The van der Waals surface area contributed by atoms with Crippen LogP contribution in [0.25, 0.3) is 20.4 Å². The number of para-hydroxylation sites is 2. The van der Waals surface area contributed by atoms with Crippen molar-refractivity contribution in [3.05, 3.63) is 98.2 Å². The average molecular weight is 440 g/mol. The normalized spacial score (nSPS) is 13.5. The average Bonchev–Trinajstić information content (AvgIpc) is 3.24. The van der Waals surface area contributed by atoms with Gasteiger partial charge in [-0.15, -0.1) is 4.73 Å². The lowest BCUT2D eigenvalue weighted by Gasteiger charge is -2.20. The van der Waals surface area contributed by atoms with Crippen molar-refractivity contribution < 1.29 is 9.19 Å². The van der Waals surface area contributed by atoms with Crippen LogP contribution in [-0.2, 0) is 4.57 Å². The van der Waals surface area contributed by atoms with Crippen molar-refractivity contribution in [3.63, 3.8) is 0 Å². The number of hydrogen-bond acceptors (Lipinski definition) is 6. The molecule has 6 nitrogen and oxygen atoms in total. The summed E-state index contributed by atoms with van der Waals surface area (Å²) in [6.07, 6.45) is 0. The Bertz CT molecular complexity index is 1510. The summed E-state index contributed by atoms with van der Waals surface area (Å²) in [7, 11) is -4.00. The van der Waals surface area contributed by atoms with Crippen molar-refractivity contribution in [2.24, 2.45) is 0 Å². The van der Waals surface area contributed by atoms with Gasteiger partial charge in [0, 0.05) is 0 Å². The van der Waals surface area contributed by atoms with E-state index in [9.17, 15) is 14.2 Å². The molecule has 0 aliphatic heterocycles. The maximum atomic E-state index is 14.4. The van der Waals surface area contributed by atoms with Gasteiger partial charge in [0.1, 0.15) is 5.52 Å². The highest BCUT2D eigenvalue weighted by atomic mass is 32.1. The molecule has 0 aliphatic carbocycles. The first-order chi connectivity index (χ1) is 14.1. The van der Waals surface area contributed by atoms with Gasteiger partial charge in [-0.1, -0.05) is 65.1 Å². The molecule has 0 spiro atoms. The van der Waals surface area contributed by atoms with Crippen LogP contribution in [0.5, 0.6) is 0 Å². The number of aromatic nitrogens is 2. The van der Waals surface area contributed by atoms with E-state index in [0.29, 0.717) is 25.7 Å². The van der Waals surface area contributed by atoms with Crippen molar-refractivity contribution in [2.45, 2.75) is 0 Å². The van der Waals surface area contributed by atoms with Crippen molar-refractivity contribution in [2.75, 3.05) is 0 Å². The lowest BCUT2D eigenvalue weighted by molar-refractivity contribution is 0.282. The van der Waals surface area contributed by atoms with E-state index in [1.165, 1.54) is 4.34 Å². The molecule has 5 rings (SSSR count). The predicted octanol–water partition coefficient (Wildman–Crippen LogP) is 3.93. The molecule has 0 N–H and O–H groups in total. The topological polar surface area (TPSA) is 70.3 Å². The number of thiazole rings is 2. The first-order valence-electron chi connectivity index (χ1n) is 8.66. The number of fused-ring (bicyclic) bond motifs is 2. The molecule has 9 heteroatoms. The van der Waals surface area contributed by atoms with Gasteiger partial charge in [0.15, 0.2) is 0 Å². The van der Waals surface area contributed by atoms with Gasteiger partial charge in [-0.25, -0.2) is 8.90 Å². The largest absolute Gasteiger partial charge is 0.400 e. The fourth-order valence-corrected chi connectivity index (χ4v) is 7.32. The zero-order valence-corrected chi connectivity index (χ0v) is 17.3. The standard InChI is InChI=1S/C20H13N2O4PS2/c23-19-21(15-10-4-6-12-17(15)28-19)26-27(25,14-8-2-1-3-9-14)22-16-11-5-7-13-18(16)29-20(22)24/h1-13H. The summed E-state index contributed by atoms with van der Waals surface area (Å²) in [6.45, 7) is 0.